The van der Waals surface area contributed by atoms with Crippen LogP contribution in [0.4, 0.5) is 11.4 Å². The fraction of sp³-hybridized carbons (Fsp3) is 0.348. The van der Waals surface area contributed by atoms with Gasteiger partial charge in [-0.25, -0.2) is 0 Å². The molecule has 0 aromatic heterocycles. The van der Waals surface area contributed by atoms with Crippen molar-refractivity contribution in [2.75, 3.05) is 10.6 Å². The Labute approximate surface area is 165 Å². The highest BCUT2D eigenvalue weighted by Gasteiger charge is 2.56. The molecular weight excluding hydrogens is 352 g/mol. The molecular formula is C23H26N2O3. The van der Waals surface area contributed by atoms with Gasteiger partial charge in [-0.2, -0.15) is 0 Å². The third kappa shape index (κ3) is 4.14. The van der Waals surface area contributed by atoms with Crippen molar-refractivity contribution in [3.05, 3.63) is 59.7 Å². The Morgan fingerprint density at radius 2 is 1.21 bits per heavy atom. The highest BCUT2D eigenvalue weighted by Crippen LogP contribution is 2.47. The topological polar surface area (TPSA) is 75.3 Å². The van der Waals surface area contributed by atoms with Crippen LogP contribution in [0.15, 0.2) is 48.5 Å². The molecule has 0 saturated heterocycles. The van der Waals surface area contributed by atoms with E-state index < -0.39 is 5.41 Å². The Balaban J connectivity index is 1.66. The second-order valence-electron chi connectivity index (χ2n) is 8.45. The van der Waals surface area contributed by atoms with Crippen LogP contribution in [-0.4, -0.2) is 17.6 Å². The fourth-order valence-electron chi connectivity index (χ4n) is 3.03. The number of anilines is 2. The molecule has 0 atom stereocenters. The molecule has 146 valence electrons. The number of Topliss-reactive ketones (excluding diaryl/α,β-unsaturated/α-hetero) is 1. The van der Waals surface area contributed by atoms with Crippen molar-refractivity contribution < 1.29 is 14.4 Å². The first-order chi connectivity index (χ1) is 13.1. The van der Waals surface area contributed by atoms with Gasteiger partial charge in [0.15, 0.2) is 5.78 Å². The fourth-order valence-corrected chi connectivity index (χ4v) is 3.03. The van der Waals surface area contributed by atoms with Gasteiger partial charge in [-0.3, -0.25) is 14.4 Å². The van der Waals surface area contributed by atoms with Gasteiger partial charge in [-0.15, -0.1) is 0 Å². The van der Waals surface area contributed by atoms with E-state index in [2.05, 4.69) is 31.4 Å². The number of carbonyl (C=O) groups excluding carboxylic acids is 3. The lowest BCUT2D eigenvalue weighted by atomic mass is 9.87. The standard InChI is InChI=1S/C23H26N2O3/c1-15(26)16-5-9-18(10-6-16)24-20(27)23(13-14-23)21(28)25-19-11-7-17(8-12-19)22(2,3)4/h5-12H,13-14H2,1-4H3,(H,24,27)(H,25,28). The summed E-state index contributed by atoms with van der Waals surface area (Å²) < 4.78 is 0. The zero-order chi connectivity index (χ0) is 20.5. The average molecular weight is 378 g/mol. The second kappa shape index (κ2) is 7.23. The molecule has 2 amide bonds. The Hall–Kier alpha value is -2.95. The molecule has 1 aliphatic carbocycles. The molecule has 1 saturated carbocycles. The van der Waals surface area contributed by atoms with E-state index >= 15 is 0 Å². The zero-order valence-electron chi connectivity index (χ0n) is 16.8. The van der Waals surface area contributed by atoms with Crippen molar-refractivity contribution >= 4 is 29.0 Å². The molecule has 1 aliphatic rings. The molecule has 0 unspecified atom stereocenters. The Bertz CT molecular complexity index is 902. The van der Waals surface area contributed by atoms with E-state index in [0.29, 0.717) is 29.8 Å². The zero-order valence-corrected chi connectivity index (χ0v) is 16.8. The lowest BCUT2D eigenvalue weighted by molar-refractivity contribution is -0.131. The first-order valence-electron chi connectivity index (χ1n) is 9.46. The maximum Gasteiger partial charge on any atom is 0.240 e. The Morgan fingerprint density at radius 1 is 0.786 bits per heavy atom. The number of hydrogen-bond donors (Lipinski definition) is 2. The Kier molecular flexibility index (Phi) is 5.11. The minimum atomic E-state index is -1.03. The minimum Gasteiger partial charge on any atom is -0.325 e. The normalized spacial score (nSPS) is 14.9. The predicted octanol–water partition coefficient (Wildman–Crippen LogP) is 4.54. The van der Waals surface area contributed by atoms with E-state index in [1.54, 1.807) is 24.3 Å². The van der Waals surface area contributed by atoms with Crippen LogP contribution in [0.3, 0.4) is 0 Å². The molecule has 1 fully saturated rings. The van der Waals surface area contributed by atoms with Crippen LogP contribution in [0.1, 0.15) is 56.5 Å². The highest BCUT2D eigenvalue weighted by atomic mass is 16.2. The number of nitrogens with one attached hydrogen (secondary N) is 2. The Morgan fingerprint density at radius 3 is 1.57 bits per heavy atom. The van der Waals surface area contributed by atoms with Gasteiger partial charge in [0.05, 0.1) is 0 Å². The predicted molar refractivity (Wildman–Crippen MR) is 111 cm³/mol. The molecule has 28 heavy (non-hydrogen) atoms. The molecule has 2 N–H and O–H groups in total. The summed E-state index contributed by atoms with van der Waals surface area (Å²) in [6, 6.07) is 14.4. The first kappa shape index (κ1) is 19.8. The van der Waals surface area contributed by atoms with E-state index in [-0.39, 0.29) is 23.0 Å². The maximum atomic E-state index is 12.7. The van der Waals surface area contributed by atoms with Gasteiger partial charge in [-0.05, 0) is 67.1 Å². The summed E-state index contributed by atoms with van der Waals surface area (Å²) in [4.78, 5) is 36.8. The summed E-state index contributed by atoms with van der Waals surface area (Å²) in [6.07, 6.45) is 1.05. The molecule has 3 rings (SSSR count). The molecule has 0 aliphatic heterocycles. The number of ketones is 1. The number of hydrogen-bond acceptors (Lipinski definition) is 3. The van der Waals surface area contributed by atoms with E-state index in [1.165, 1.54) is 12.5 Å². The lowest BCUT2D eigenvalue weighted by Crippen LogP contribution is -2.35. The van der Waals surface area contributed by atoms with Crippen LogP contribution in [0.25, 0.3) is 0 Å². The van der Waals surface area contributed by atoms with Crippen LogP contribution in [0, 0.1) is 5.41 Å². The summed E-state index contributed by atoms with van der Waals surface area (Å²) in [5, 5.41) is 5.67. The summed E-state index contributed by atoms with van der Waals surface area (Å²) >= 11 is 0. The second-order valence-corrected chi connectivity index (χ2v) is 8.45. The van der Waals surface area contributed by atoms with Crippen molar-refractivity contribution in [1.29, 1.82) is 0 Å². The van der Waals surface area contributed by atoms with E-state index in [4.69, 9.17) is 0 Å². The number of benzene rings is 2. The van der Waals surface area contributed by atoms with Crippen LogP contribution in [0.2, 0.25) is 0 Å². The van der Waals surface area contributed by atoms with Crippen molar-refractivity contribution in [1.82, 2.24) is 0 Å². The molecule has 0 bridgehead atoms. The van der Waals surface area contributed by atoms with Gasteiger partial charge in [0.2, 0.25) is 11.8 Å². The van der Waals surface area contributed by atoms with Crippen LogP contribution in [-0.2, 0) is 15.0 Å². The first-order valence-corrected chi connectivity index (χ1v) is 9.46. The van der Waals surface area contributed by atoms with Gasteiger partial charge in [0.1, 0.15) is 5.41 Å². The molecule has 5 nitrogen and oxygen atoms in total. The largest absolute Gasteiger partial charge is 0.325 e. The van der Waals surface area contributed by atoms with E-state index in [0.717, 1.165) is 0 Å². The smallest absolute Gasteiger partial charge is 0.240 e. The van der Waals surface area contributed by atoms with Gasteiger partial charge >= 0.3 is 0 Å². The monoisotopic (exact) mass is 378 g/mol. The number of rotatable bonds is 5. The average Bonchev–Trinajstić information content (AvgIpc) is 3.44. The van der Waals surface area contributed by atoms with E-state index in [9.17, 15) is 14.4 Å². The van der Waals surface area contributed by atoms with Crippen molar-refractivity contribution in [3.63, 3.8) is 0 Å². The van der Waals surface area contributed by atoms with E-state index in [1.807, 2.05) is 24.3 Å². The summed E-state index contributed by atoms with van der Waals surface area (Å²) in [5.41, 5.74) is 2.03. The van der Waals surface area contributed by atoms with Gasteiger partial charge in [-0.1, -0.05) is 32.9 Å². The number of amides is 2. The lowest BCUT2D eigenvalue weighted by Gasteiger charge is -2.20. The molecule has 2 aromatic rings. The molecule has 5 heteroatoms. The SMILES string of the molecule is CC(=O)c1ccc(NC(=O)C2(C(=O)Nc3ccc(C(C)(C)C)cc3)CC2)cc1. The maximum absolute atomic E-state index is 12.7. The van der Waals surface area contributed by atoms with Crippen molar-refractivity contribution in [2.45, 2.75) is 46.0 Å². The van der Waals surface area contributed by atoms with Gasteiger partial charge < -0.3 is 10.6 Å². The third-order valence-corrected chi connectivity index (χ3v) is 5.18. The van der Waals surface area contributed by atoms with Crippen molar-refractivity contribution in [2.24, 2.45) is 5.41 Å². The quantitative estimate of drug-likeness (QED) is 0.592. The third-order valence-electron chi connectivity index (χ3n) is 5.18. The highest BCUT2D eigenvalue weighted by molar-refractivity contribution is 6.17. The van der Waals surface area contributed by atoms with Crippen LogP contribution < -0.4 is 10.6 Å². The molecule has 0 radical (unpaired) electrons. The summed E-state index contributed by atoms with van der Waals surface area (Å²) in [7, 11) is 0. The number of carbonyl (C=O) groups is 3. The summed E-state index contributed by atoms with van der Waals surface area (Å²) in [6.45, 7) is 7.89. The van der Waals surface area contributed by atoms with Crippen LogP contribution >= 0.6 is 0 Å². The van der Waals surface area contributed by atoms with Gasteiger partial charge in [0.25, 0.3) is 0 Å². The minimum absolute atomic E-state index is 0.0339. The molecule has 0 spiro atoms. The van der Waals surface area contributed by atoms with Gasteiger partial charge in [0, 0.05) is 16.9 Å². The molecule has 0 heterocycles. The van der Waals surface area contributed by atoms with Crippen molar-refractivity contribution in [3.8, 4) is 0 Å². The van der Waals surface area contributed by atoms with Crippen LogP contribution in [0.5, 0.6) is 0 Å². The summed E-state index contributed by atoms with van der Waals surface area (Å²) in [5.74, 6) is -0.630. The molecule has 2 aromatic carbocycles.